The number of halogens is 2. The number of pyridine rings is 1. The SMILES string of the molecule is O=C(CCc1ccccc1F)OC(c1cccc(F)c1)c1ccccn1. The van der Waals surface area contributed by atoms with Crippen LogP contribution >= 0.6 is 0 Å². The van der Waals surface area contributed by atoms with E-state index in [-0.39, 0.29) is 18.7 Å². The minimum atomic E-state index is -0.819. The van der Waals surface area contributed by atoms with E-state index in [2.05, 4.69) is 4.98 Å². The first-order valence-electron chi connectivity index (χ1n) is 8.23. The predicted molar refractivity (Wildman–Crippen MR) is 93.3 cm³/mol. The molecule has 0 bridgehead atoms. The Morgan fingerprint density at radius 3 is 2.54 bits per heavy atom. The molecule has 0 saturated carbocycles. The summed E-state index contributed by atoms with van der Waals surface area (Å²) in [4.78, 5) is 16.5. The van der Waals surface area contributed by atoms with Crippen LogP contribution in [0.2, 0.25) is 0 Å². The van der Waals surface area contributed by atoms with Crippen molar-refractivity contribution in [1.29, 1.82) is 0 Å². The number of aromatic nitrogens is 1. The molecule has 5 heteroatoms. The van der Waals surface area contributed by atoms with Gasteiger partial charge in [-0.25, -0.2) is 8.78 Å². The van der Waals surface area contributed by atoms with Crippen molar-refractivity contribution in [2.24, 2.45) is 0 Å². The fourth-order valence-corrected chi connectivity index (χ4v) is 2.63. The van der Waals surface area contributed by atoms with Crippen molar-refractivity contribution >= 4 is 5.97 Å². The minimum absolute atomic E-state index is 0.0135. The second-order valence-corrected chi connectivity index (χ2v) is 5.77. The van der Waals surface area contributed by atoms with Crippen LogP contribution in [0.3, 0.4) is 0 Å². The van der Waals surface area contributed by atoms with Gasteiger partial charge in [-0.05, 0) is 42.3 Å². The van der Waals surface area contributed by atoms with Crippen molar-refractivity contribution in [3.05, 3.63) is 101 Å². The van der Waals surface area contributed by atoms with Gasteiger partial charge in [0.25, 0.3) is 0 Å². The number of esters is 1. The number of benzene rings is 2. The highest BCUT2D eigenvalue weighted by Crippen LogP contribution is 2.26. The summed E-state index contributed by atoms with van der Waals surface area (Å²) in [6.07, 6.45) is 0.998. The second-order valence-electron chi connectivity index (χ2n) is 5.77. The van der Waals surface area contributed by atoms with Crippen LogP contribution in [0.25, 0.3) is 0 Å². The lowest BCUT2D eigenvalue weighted by atomic mass is 10.1. The molecule has 3 rings (SSSR count). The Morgan fingerprint density at radius 1 is 1.00 bits per heavy atom. The number of hydrogen-bond acceptors (Lipinski definition) is 3. The van der Waals surface area contributed by atoms with E-state index in [1.165, 1.54) is 18.2 Å². The Bertz CT molecular complexity index is 884. The van der Waals surface area contributed by atoms with E-state index in [9.17, 15) is 13.6 Å². The quantitative estimate of drug-likeness (QED) is 0.607. The molecule has 2 aromatic carbocycles. The molecule has 0 spiro atoms. The number of hydrogen-bond donors (Lipinski definition) is 0. The third kappa shape index (κ3) is 4.51. The Morgan fingerprint density at radius 2 is 1.81 bits per heavy atom. The smallest absolute Gasteiger partial charge is 0.307 e. The zero-order chi connectivity index (χ0) is 18.4. The number of aryl methyl sites for hydroxylation is 1. The molecule has 0 radical (unpaired) electrons. The monoisotopic (exact) mass is 353 g/mol. The first-order valence-corrected chi connectivity index (χ1v) is 8.23. The van der Waals surface area contributed by atoms with Crippen molar-refractivity contribution in [3.63, 3.8) is 0 Å². The van der Waals surface area contributed by atoms with Crippen molar-refractivity contribution < 1.29 is 18.3 Å². The molecule has 0 aliphatic rings. The summed E-state index contributed by atoms with van der Waals surface area (Å²) in [5.41, 5.74) is 1.44. The van der Waals surface area contributed by atoms with Crippen molar-refractivity contribution in [2.75, 3.05) is 0 Å². The van der Waals surface area contributed by atoms with E-state index in [0.717, 1.165) is 0 Å². The van der Waals surface area contributed by atoms with Gasteiger partial charge in [-0.3, -0.25) is 9.78 Å². The maximum Gasteiger partial charge on any atom is 0.307 e. The van der Waals surface area contributed by atoms with E-state index in [1.807, 2.05) is 0 Å². The maximum absolute atomic E-state index is 13.7. The Labute approximate surface area is 150 Å². The molecule has 0 amide bonds. The molecule has 0 N–H and O–H groups in total. The zero-order valence-electron chi connectivity index (χ0n) is 13.9. The largest absolute Gasteiger partial charge is 0.451 e. The number of rotatable bonds is 6. The van der Waals surface area contributed by atoms with Crippen molar-refractivity contribution in [3.8, 4) is 0 Å². The first-order chi connectivity index (χ1) is 12.6. The van der Waals surface area contributed by atoms with Gasteiger partial charge in [0, 0.05) is 18.2 Å². The van der Waals surface area contributed by atoms with Gasteiger partial charge >= 0.3 is 5.97 Å². The maximum atomic E-state index is 13.7. The molecule has 26 heavy (non-hydrogen) atoms. The third-order valence-corrected chi connectivity index (χ3v) is 3.91. The molecular weight excluding hydrogens is 336 g/mol. The lowest BCUT2D eigenvalue weighted by Crippen LogP contribution is -2.14. The van der Waals surface area contributed by atoms with Gasteiger partial charge in [0.2, 0.25) is 0 Å². The summed E-state index contributed by atoms with van der Waals surface area (Å²) in [6, 6.07) is 17.4. The van der Waals surface area contributed by atoms with Gasteiger partial charge in [0.15, 0.2) is 6.10 Å². The van der Waals surface area contributed by atoms with Gasteiger partial charge in [-0.15, -0.1) is 0 Å². The summed E-state index contributed by atoms with van der Waals surface area (Å²) in [6.45, 7) is 0. The Hall–Kier alpha value is -3.08. The molecular formula is C21H17F2NO2. The highest BCUT2D eigenvalue weighted by atomic mass is 19.1. The molecule has 0 saturated heterocycles. The van der Waals surface area contributed by atoms with Gasteiger partial charge in [0.05, 0.1) is 5.69 Å². The number of nitrogens with zero attached hydrogens (tertiary/aromatic N) is 1. The first kappa shape index (κ1) is 17.7. The van der Waals surface area contributed by atoms with Gasteiger partial charge in [0.1, 0.15) is 11.6 Å². The second kappa shape index (κ2) is 8.34. The van der Waals surface area contributed by atoms with Crippen molar-refractivity contribution in [2.45, 2.75) is 18.9 Å². The third-order valence-electron chi connectivity index (χ3n) is 3.91. The van der Waals surface area contributed by atoms with Crippen LogP contribution in [-0.4, -0.2) is 11.0 Å². The molecule has 0 aliphatic heterocycles. The number of carbonyl (C=O) groups is 1. The molecule has 1 aromatic heterocycles. The van der Waals surface area contributed by atoms with Gasteiger partial charge < -0.3 is 4.74 Å². The predicted octanol–water partition coefficient (Wildman–Crippen LogP) is 4.63. The summed E-state index contributed by atoms with van der Waals surface area (Å²) >= 11 is 0. The van der Waals surface area contributed by atoms with Crippen LogP contribution in [0, 0.1) is 11.6 Å². The molecule has 132 valence electrons. The van der Waals surface area contributed by atoms with E-state index >= 15 is 0 Å². The van der Waals surface area contributed by atoms with Crippen LogP contribution in [0.1, 0.15) is 29.3 Å². The molecule has 0 fully saturated rings. The summed E-state index contributed by atoms with van der Waals surface area (Å²) in [7, 11) is 0. The van der Waals surface area contributed by atoms with E-state index in [4.69, 9.17) is 4.74 Å². The highest BCUT2D eigenvalue weighted by Gasteiger charge is 2.21. The molecule has 1 unspecified atom stereocenters. The topological polar surface area (TPSA) is 39.2 Å². The summed E-state index contributed by atoms with van der Waals surface area (Å²) < 4.78 is 32.8. The van der Waals surface area contributed by atoms with E-state index in [1.54, 1.807) is 54.7 Å². The van der Waals surface area contributed by atoms with Crippen molar-refractivity contribution in [1.82, 2.24) is 4.98 Å². The number of carbonyl (C=O) groups excluding carboxylic acids is 1. The molecule has 1 heterocycles. The Balaban J connectivity index is 1.75. The van der Waals surface area contributed by atoms with Crippen LogP contribution in [0.15, 0.2) is 72.9 Å². The fraction of sp³-hybridized carbons (Fsp3) is 0.143. The average Bonchev–Trinajstić information content (AvgIpc) is 2.66. The minimum Gasteiger partial charge on any atom is -0.451 e. The summed E-state index contributed by atoms with van der Waals surface area (Å²) in [5, 5.41) is 0. The summed E-state index contributed by atoms with van der Waals surface area (Å²) in [5.74, 6) is -1.29. The highest BCUT2D eigenvalue weighted by molar-refractivity contribution is 5.70. The zero-order valence-corrected chi connectivity index (χ0v) is 13.9. The van der Waals surface area contributed by atoms with Crippen LogP contribution in [0.4, 0.5) is 8.78 Å². The molecule has 1 atom stereocenters. The lowest BCUT2D eigenvalue weighted by molar-refractivity contribution is -0.147. The average molecular weight is 353 g/mol. The normalized spacial score (nSPS) is 11.8. The standard InChI is InChI=1S/C21H17F2NO2/c22-17-8-5-7-16(14-17)21(19-10-3-4-13-24-19)26-20(25)12-11-15-6-1-2-9-18(15)23/h1-10,13-14,21H,11-12H2. The van der Waals surface area contributed by atoms with Gasteiger partial charge in [-0.1, -0.05) is 36.4 Å². The molecule has 3 aromatic rings. The van der Waals surface area contributed by atoms with Crippen LogP contribution < -0.4 is 0 Å². The van der Waals surface area contributed by atoms with Crippen LogP contribution in [0.5, 0.6) is 0 Å². The number of ether oxygens (including phenoxy) is 1. The van der Waals surface area contributed by atoms with Crippen LogP contribution in [-0.2, 0) is 16.0 Å². The lowest BCUT2D eigenvalue weighted by Gasteiger charge is -2.18. The molecule has 0 aliphatic carbocycles. The molecule has 3 nitrogen and oxygen atoms in total. The van der Waals surface area contributed by atoms with E-state index < -0.39 is 17.9 Å². The van der Waals surface area contributed by atoms with Gasteiger partial charge in [-0.2, -0.15) is 0 Å². The van der Waals surface area contributed by atoms with E-state index in [0.29, 0.717) is 16.8 Å². The fourth-order valence-electron chi connectivity index (χ4n) is 2.63. The Kier molecular flexibility index (Phi) is 5.69.